The van der Waals surface area contributed by atoms with Crippen LogP contribution in [-0.4, -0.2) is 8.42 Å². The Labute approximate surface area is 117 Å². The maximum atomic E-state index is 12.4. The van der Waals surface area contributed by atoms with Crippen LogP contribution >= 0.6 is 11.6 Å². The molecule has 100 valence electrons. The van der Waals surface area contributed by atoms with Gasteiger partial charge in [0, 0.05) is 5.02 Å². The molecule has 19 heavy (non-hydrogen) atoms. The highest BCUT2D eigenvalue weighted by Gasteiger charge is 2.19. The van der Waals surface area contributed by atoms with Crippen molar-refractivity contribution in [2.45, 2.75) is 17.6 Å². The molecule has 0 saturated heterocycles. The third-order valence-electron chi connectivity index (χ3n) is 2.92. The number of hydrogen-bond donors (Lipinski definition) is 1. The van der Waals surface area contributed by atoms with Crippen molar-refractivity contribution in [1.82, 2.24) is 0 Å². The van der Waals surface area contributed by atoms with Gasteiger partial charge in [0.15, 0.2) is 9.84 Å². The minimum Gasteiger partial charge on any atom is -0.398 e. The zero-order valence-electron chi connectivity index (χ0n) is 10.4. The molecule has 0 aliphatic rings. The van der Waals surface area contributed by atoms with Crippen LogP contribution in [0.2, 0.25) is 5.02 Å². The van der Waals surface area contributed by atoms with Gasteiger partial charge in [0.1, 0.15) is 0 Å². The highest BCUT2D eigenvalue weighted by atomic mass is 35.5. The van der Waals surface area contributed by atoms with E-state index in [1.807, 2.05) is 25.1 Å². The maximum Gasteiger partial charge on any atom is 0.184 e. The number of rotatable bonds is 3. The molecule has 0 amide bonds. The van der Waals surface area contributed by atoms with Gasteiger partial charge in [0.2, 0.25) is 0 Å². The molecule has 0 saturated carbocycles. The molecule has 0 fully saturated rings. The molecule has 3 nitrogen and oxygen atoms in total. The first-order chi connectivity index (χ1) is 8.90. The smallest absolute Gasteiger partial charge is 0.184 e. The molecule has 0 atom stereocenters. The van der Waals surface area contributed by atoms with Crippen LogP contribution in [0.5, 0.6) is 0 Å². The number of hydrogen-bond acceptors (Lipinski definition) is 3. The largest absolute Gasteiger partial charge is 0.398 e. The van der Waals surface area contributed by atoms with E-state index < -0.39 is 9.84 Å². The van der Waals surface area contributed by atoms with Gasteiger partial charge in [-0.15, -0.1) is 0 Å². The summed E-state index contributed by atoms with van der Waals surface area (Å²) in [6, 6.07) is 11.8. The Bertz CT molecular complexity index is 711. The first-order valence-electron chi connectivity index (χ1n) is 5.72. The summed E-state index contributed by atoms with van der Waals surface area (Å²) in [5.41, 5.74) is 7.65. The van der Waals surface area contributed by atoms with E-state index >= 15 is 0 Å². The number of anilines is 1. The predicted octanol–water partition coefficient (Wildman–Crippen LogP) is 3.20. The van der Waals surface area contributed by atoms with Crippen molar-refractivity contribution < 1.29 is 8.42 Å². The third-order valence-corrected chi connectivity index (χ3v) is 4.87. The number of halogens is 1. The van der Waals surface area contributed by atoms with Crippen molar-refractivity contribution in [2.24, 2.45) is 0 Å². The zero-order chi connectivity index (χ0) is 14.0. The summed E-state index contributed by atoms with van der Waals surface area (Å²) < 4.78 is 24.8. The fourth-order valence-corrected chi connectivity index (χ4v) is 3.69. The van der Waals surface area contributed by atoms with E-state index in [2.05, 4.69) is 0 Å². The van der Waals surface area contributed by atoms with Crippen LogP contribution in [0.1, 0.15) is 11.1 Å². The fraction of sp³-hybridized carbons (Fsp3) is 0.143. The topological polar surface area (TPSA) is 60.2 Å². The molecule has 2 aromatic carbocycles. The molecule has 0 bridgehead atoms. The summed E-state index contributed by atoms with van der Waals surface area (Å²) in [4.78, 5) is 0.0863. The summed E-state index contributed by atoms with van der Waals surface area (Å²) >= 11 is 5.84. The zero-order valence-corrected chi connectivity index (χ0v) is 12.0. The van der Waals surface area contributed by atoms with Crippen molar-refractivity contribution in [2.75, 3.05) is 5.73 Å². The third kappa shape index (κ3) is 3.08. The van der Waals surface area contributed by atoms with Gasteiger partial charge in [-0.1, -0.05) is 35.9 Å². The van der Waals surface area contributed by atoms with Crippen LogP contribution in [0.4, 0.5) is 5.69 Å². The maximum absolute atomic E-state index is 12.4. The minimum absolute atomic E-state index is 0.0792. The molecule has 0 aliphatic heterocycles. The molecule has 5 heteroatoms. The molecule has 0 heterocycles. The predicted molar refractivity (Wildman–Crippen MR) is 77.9 cm³/mol. The van der Waals surface area contributed by atoms with Gasteiger partial charge in [-0.05, 0) is 36.2 Å². The number of nitrogen functional groups attached to an aromatic ring is 1. The minimum atomic E-state index is -3.50. The monoisotopic (exact) mass is 295 g/mol. The molecule has 2 rings (SSSR count). The van der Waals surface area contributed by atoms with E-state index in [1.165, 1.54) is 12.1 Å². The highest BCUT2D eigenvalue weighted by Crippen LogP contribution is 2.26. The van der Waals surface area contributed by atoms with Crippen LogP contribution < -0.4 is 5.73 Å². The molecule has 0 spiro atoms. The number of nitrogens with two attached hydrogens (primary N) is 1. The summed E-state index contributed by atoms with van der Waals surface area (Å²) in [5.74, 6) is -0.0792. The van der Waals surface area contributed by atoms with Crippen molar-refractivity contribution in [3.63, 3.8) is 0 Å². The van der Waals surface area contributed by atoms with Gasteiger partial charge in [-0.2, -0.15) is 0 Å². The average Bonchev–Trinajstić information content (AvgIpc) is 2.35. The van der Waals surface area contributed by atoms with E-state index in [-0.39, 0.29) is 16.3 Å². The number of sulfone groups is 1. The molecule has 0 aliphatic carbocycles. The van der Waals surface area contributed by atoms with Gasteiger partial charge < -0.3 is 5.73 Å². The lowest BCUT2D eigenvalue weighted by atomic mass is 10.1. The Morgan fingerprint density at radius 1 is 1.16 bits per heavy atom. The number of aryl methyl sites for hydroxylation is 1. The highest BCUT2D eigenvalue weighted by molar-refractivity contribution is 7.90. The van der Waals surface area contributed by atoms with Crippen LogP contribution in [0.15, 0.2) is 47.4 Å². The lowest BCUT2D eigenvalue weighted by Gasteiger charge is -2.09. The lowest BCUT2D eigenvalue weighted by Crippen LogP contribution is -2.08. The van der Waals surface area contributed by atoms with Crippen molar-refractivity contribution in [3.05, 3.63) is 58.6 Å². The summed E-state index contributed by atoms with van der Waals surface area (Å²) in [7, 11) is -3.50. The first kappa shape index (κ1) is 13.9. The van der Waals surface area contributed by atoms with Crippen molar-refractivity contribution in [3.8, 4) is 0 Å². The molecule has 0 aromatic heterocycles. The van der Waals surface area contributed by atoms with Gasteiger partial charge in [0.05, 0.1) is 16.3 Å². The normalized spacial score (nSPS) is 11.5. The lowest BCUT2D eigenvalue weighted by molar-refractivity contribution is 0.595. The van der Waals surface area contributed by atoms with Crippen LogP contribution in [-0.2, 0) is 15.6 Å². The molecule has 0 radical (unpaired) electrons. The van der Waals surface area contributed by atoms with E-state index in [9.17, 15) is 8.42 Å². The Morgan fingerprint density at radius 3 is 2.53 bits per heavy atom. The van der Waals surface area contributed by atoms with E-state index in [4.69, 9.17) is 17.3 Å². The molecular weight excluding hydrogens is 282 g/mol. The second-order valence-corrected chi connectivity index (χ2v) is 6.76. The Hall–Kier alpha value is -1.52. The summed E-state index contributed by atoms with van der Waals surface area (Å²) in [6.07, 6.45) is 0. The van der Waals surface area contributed by atoms with Gasteiger partial charge in [0.25, 0.3) is 0 Å². The standard InChI is InChI=1S/C14H14ClNO2S/c1-10-4-2-3-5-11(10)9-19(17,18)14-8-12(15)6-7-13(14)16/h2-8H,9,16H2,1H3. The number of benzene rings is 2. The van der Waals surface area contributed by atoms with E-state index in [1.54, 1.807) is 12.1 Å². The van der Waals surface area contributed by atoms with E-state index in [0.29, 0.717) is 5.02 Å². The average molecular weight is 296 g/mol. The fourth-order valence-electron chi connectivity index (χ4n) is 1.83. The Balaban J connectivity index is 2.44. The van der Waals surface area contributed by atoms with Gasteiger partial charge in [-0.25, -0.2) is 8.42 Å². The van der Waals surface area contributed by atoms with Crippen molar-refractivity contribution >= 4 is 27.1 Å². The molecule has 0 unspecified atom stereocenters. The molecule has 2 aromatic rings. The Morgan fingerprint density at radius 2 is 1.84 bits per heavy atom. The SMILES string of the molecule is Cc1ccccc1CS(=O)(=O)c1cc(Cl)ccc1N. The summed E-state index contributed by atoms with van der Waals surface area (Å²) in [6.45, 7) is 1.88. The summed E-state index contributed by atoms with van der Waals surface area (Å²) in [5, 5.41) is 0.359. The van der Waals surface area contributed by atoms with Gasteiger partial charge in [-0.3, -0.25) is 0 Å². The Kier molecular flexibility index (Phi) is 3.83. The molecule has 2 N–H and O–H groups in total. The second kappa shape index (κ2) is 5.23. The quantitative estimate of drug-likeness (QED) is 0.885. The molecular formula is C14H14ClNO2S. The van der Waals surface area contributed by atoms with Crippen LogP contribution in [0, 0.1) is 6.92 Å². The van der Waals surface area contributed by atoms with Crippen LogP contribution in [0.3, 0.4) is 0 Å². The van der Waals surface area contributed by atoms with Crippen molar-refractivity contribution in [1.29, 1.82) is 0 Å². The van der Waals surface area contributed by atoms with Crippen LogP contribution in [0.25, 0.3) is 0 Å². The second-order valence-electron chi connectivity index (χ2n) is 4.37. The van der Waals surface area contributed by atoms with E-state index in [0.717, 1.165) is 11.1 Å². The van der Waals surface area contributed by atoms with Gasteiger partial charge >= 0.3 is 0 Å². The first-order valence-corrected chi connectivity index (χ1v) is 7.75.